The van der Waals surface area contributed by atoms with Crippen LogP contribution in [0, 0.1) is 0 Å². The Bertz CT molecular complexity index is 316. The maximum atomic E-state index is 12.0. The molecule has 1 aromatic heterocycles. The summed E-state index contributed by atoms with van der Waals surface area (Å²) in [7, 11) is 0. The highest BCUT2D eigenvalue weighted by atomic mass is 35.5. The second-order valence-electron chi connectivity index (χ2n) is 2.32. The third-order valence-electron chi connectivity index (χ3n) is 1.40. The highest BCUT2D eigenvalue weighted by molar-refractivity contribution is 6.17. The van der Waals surface area contributed by atoms with Crippen LogP contribution in [0.4, 0.5) is 13.2 Å². The van der Waals surface area contributed by atoms with E-state index in [0.29, 0.717) is 12.3 Å². The summed E-state index contributed by atoms with van der Waals surface area (Å²) in [6.07, 6.45) is -3.85. The molecule has 1 rings (SSSR count). The number of hydrogen-bond donors (Lipinski definition) is 1. The molecule has 7 heteroatoms. The molecule has 0 aliphatic carbocycles. The van der Waals surface area contributed by atoms with Crippen molar-refractivity contribution < 1.29 is 18.3 Å². The maximum Gasteiger partial charge on any atom is 0.418 e. The van der Waals surface area contributed by atoms with Crippen molar-refractivity contribution in [3.05, 3.63) is 23.5 Å². The molecule has 0 aromatic carbocycles. The lowest BCUT2D eigenvalue weighted by Gasteiger charge is -2.07. The molecule has 1 N–H and O–H groups in total. The third kappa shape index (κ3) is 2.92. The lowest BCUT2D eigenvalue weighted by molar-refractivity contribution is -0.137. The predicted octanol–water partition coefficient (Wildman–Crippen LogP) is 2.97. The quantitative estimate of drug-likeness (QED) is 0.775. The maximum absolute atomic E-state index is 12.0. The zero-order valence-corrected chi connectivity index (χ0v) is 8.25. The van der Waals surface area contributed by atoms with Gasteiger partial charge in [-0.15, -0.1) is 24.0 Å². The Morgan fingerprint density at radius 1 is 1.43 bits per heavy atom. The first-order valence-electron chi connectivity index (χ1n) is 3.26. The van der Waals surface area contributed by atoms with Crippen molar-refractivity contribution in [2.45, 2.75) is 12.1 Å². The summed E-state index contributed by atoms with van der Waals surface area (Å²) in [6.45, 7) is 0. The molecule has 0 atom stereocenters. The van der Waals surface area contributed by atoms with Gasteiger partial charge in [-0.3, -0.25) is 4.98 Å². The average molecular weight is 248 g/mol. The van der Waals surface area contributed by atoms with Crippen molar-refractivity contribution >= 4 is 24.0 Å². The van der Waals surface area contributed by atoms with Crippen LogP contribution in [0.5, 0.6) is 5.75 Å². The van der Waals surface area contributed by atoms with Crippen LogP contribution in [0.15, 0.2) is 12.3 Å². The molecule has 1 aromatic rings. The SMILES string of the molecule is Cl.Oc1cc(C(F)(F)F)cnc1CCl. The van der Waals surface area contributed by atoms with Gasteiger partial charge in [0.2, 0.25) is 0 Å². The first-order valence-corrected chi connectivity index (χ1v) is 3.79. The van der Waals surface area contributed by atoms with E-state index >= 15 is 0 Å². The second kappa shape index (κ2) is 4.70. The summed E-state index contributed by atoms with van der Waals surface area (Å²) in [5, 5.41) is 9.01. The monoisotopic (exact) mass is 247 g/mol. The Kier molecular flexibility index (Phi) is 4.48. The number of pyridine rings is 1. The van der Waals surface area contributed by atoms with E-state index in [1.54, 1.807) is 0 Å². The molecular formula is C7H6Cl2F3NO. The lowest BCUT2D eigenvalue weighted by atomic mass is 10.2. The van der Waals surface area contributed by atoms with Gasteiger partial charge >= 0.3 is 6.18 Å². The highest BCUT2D eigenvalue weighted by Crippen LogP contribution is 2.31. The fourth-order valence-electron chi connectivity index (χ4n) is 0.739. The average Bonchev–Trinajstić information content (AvgIpc) is 2.02. The van der Waals surface area contributed by atoms with Gasteiger partial charge in [-0.05, 0) is 6.07 Å². The van der Waals surface area contributed by atoms with Gasteiger partial charge in [0, 0.05) is 6.20 Å². The molecule has 0 aliphatic rings. The van der Waals surface area contributed by atoms with Crippen LogP contribution in [-0.4, -0.2) is 10.1 Å². The van der Waals surface area contributed by atoms with Gasteiger partial charge in [-0.25, -0.2) is 0 Å². The standard InChI is InChI=1S/C7H5ClF3NO.ClH/c8-2-5-6(13)1-4(3-12-5)7(9,10)11;/h1,3,13H,2H2;1H. The number of hydrogen-bond acceptors (Lipinski definition) is 2. The van der Waals surface area contributed by atoms with Crippen LogP contribution in [0.1, 0.15) is 11.3 Å². The van der Waals surface area contributed by atoms with Crippen molar-refractivity contribution in [3.8, 4) is 5.75 Å². The Morgan fingerprint density at radius 3 is 2.36 bits per heavy atom. The number of alkyl halides is 4. The molecule has 0 saturated carbocycles. The van der Waals surface area contributed by atoms with Gasteiger partial charge in [-0.2, -0.15) is 13.2 Å². The van der Waals surface area contributed by atoms with Gasteiger partial charge in [0.1, 0.15) is 5.75 Å². The fourth-order valence-corrected chi connectivity index (χ4v) is 0.945. The van der Waals surface area contributed by atoms with E-state index in [2.05, 4.69) is 4.98 Å². The number of aromatic nitrogens is 1. The molecule has 80 valence electrons. The number of aromatic hydroxyl groups is 1. The van der Waals surface area contributed by atoms with Crippen molar-refractivity contribution in [1.29, 1.82) is 0 Å². The van der Waals surface area contributed by atoms with E-state index in [-0.39, 0.29) is 24.0 Å². The second-order valence-corrected chi connectivity index (χ2v) is 2.59. The summed E-state index contributed by atoms with van der Waals surface area (Å²) < 4.78 is 36.1. The van der Waals surface area contributed by atoms with Crippen LogP contribution in [0.3, 0.4) is 0 Å². The van der Waals surface area contributed by atoms with Crippen LogP contribution >= 0.6 is 24.0 Å². The molecule has 0 spiro atoms. The van der Waals surface area contributed by atoms with Crippen molar-refractivity contribution in [2.75, 3.05) is 0 Å². The van der Waals surface area contributed by atoms with Crippen LogP contribution in [0.2, 0.25) is 0 Å². The van der Waals surface area contributed by atoms with Gasteiger partial charge in [0.05, 0.1) is 17.1 Å². The van der Waals surface area contributed by atoms with Crippen LogP contribution in [-0.2, 0) is 12.1 Å². The van der Waals surface area contributed by atoms with Crippen molar-refractivity contribution in [1.82, 2.24) is 4.98 Å². The van der Waals surface area contributed by atoms with E-state index in [9.17, 15) is 13.2 Å². The Labute approximate surface area is 89.1 Å². The Morgan fingerprint density at radius 2 is 2.00 bits per heavy atom. The number of halogens is 5. The Balaban J connectivity index is 0.00000169. The molecule has 2 nitrogen and oxygen atoms in total. The predicted molar refractivity (Wildman–Crippen MR) is 47.7 cm³/mol. The third-order valence-corrected chi connectivity index (χ3v) is 1.65. The molecule has 1 heterocycles. The van der Waals surface area contributed by atoms with Crippen LogP contribution < -0.4 is 0 Å². The molecule has 0 unspecified atom stereocenters. The highest BCUT2D eigenvalue weighted by Gasteiger charge is 2.31. The van der Waals surface area contributed by atoms with Gasteiger partial charge < -0.3 is 5.11 Å². The van der Waals surface area contributed by atoms with E-state index in [0.717, 1.165) is 0 Å². The topological polar surface area (TPSA) is 33.1 Å². The molecular weight excluding hydrogens is 242 g/mol. The Hall–Kier alpha value is -0.680. The summed E-state index contributed by atoms with van der Waals surface area (Å²) in [5.41, 5.74) is -0.950. The smallest absolute Gasteiger partial charge is 0.418 e. The number of rotatable bonds is 1. The summed E-state index contributed by atoms with van der Waals surface area (Å²) in [5.74, 6) is -0.658. The van der Waals surface area contributed by atoms with E-state index in [1.807, 2.05) is 0 Å². The normalized spacial score (nSPS) is 10.9. The molecule has 0 radical (unpaired) electrons. The largest absolute Gasteiger partial charge is 0.506 e. The van der Waals surface area contributed by atoms with E-state index in [1.165, 1.54) is 0 Å². The minimum absolute atomic E-state index is 0. The summed E-state index contributed by atoms with van der Waals surface area (Å²) in [6, 6.07) is 0.602. The zero-order chi connectivity index (χ0) is 10.1. The first kappa shape index (κ1) is 13.3. The first-order chi connectivity index (χ1) is 5.95. The fraction of sp³-hybridized carbons (Fsp3) is 0.286. The summed E-state index contributed by atoms with van der Waals surface area (Å²) >= 11 is 5.30. The lowest BCUT2D eigenvalue weighted by Crippen LogP contribution is -2.05. The van der Waals surface area contributed by atoms with Gasteiger partial charge in [-0.1, -0.05) is 0 Å². The zero-order valence-electron chi connectivity index (χ0n) is 6.68. The van der Waals surface area contributed by atoms with E-state index in [4.69, 9.17) is 16.7 Å². The van der Waals surface area contributed by atoms with Gasteiger partial charge in [0.15, 0.2) is 0 Å². The molecule has 0 bridgehead atoms. The van der Waals surface area contributed by atoms with E-state index < -0.39 is 17.5 Å². The van der Waals surface area contributed by atoms with Gasteiger partial charge in [0.25, 0.3) is 0 Å². The minimum atomic E-state index is -4.49. The summed E-state index contributed by atoms with van der Waals surface area (Å²) in [4.78, 5) is 3.36. The molecule has 0 fully saturated rings. The van der Waals surface area contributed by atoms with Crippen molar-refractivity contribution in [2.24, 2.45) is 0 Å². The number of nitrogens with zero attached hydrogens (tertiary/aromatic N) is 1. The molecule has 14 heavy (non-hydrogen) atoms. The minimum Gasteiger partial charge on any atom is -0.506 e. The van der Waals surface area contributed by atoms with Crippen molar-refractivity contribution in [3.63, 3.8) is 0 Å². The van der Waals surface area contributed by atoms with Crippen LogP contribution in [0.25, 0.3) is 0 Å². The molecule has 0 saturated heterocycles. The molecule has 0 amide bonds. The molecule has 0 aliphatic heterocycles.